The molecule has 0 saturated heterocycles. The van der Waals surface area contributed by atoms with Gasteiger partial charge in [-0.25, -0.2) is 4.39 Å². The lowest BCUT2D eigenvalue weighted by Crippen LogP contribution is -2.35. The van der Waals surface area contributed by atoms with E-state index in [1.807, 2.05) is 0 Å². The van der Waals surface area contributed by atoms with E-state index in [1.165, 1.54) is 7.05 Å². The monoisotopic (exact) mass is 355 g/mol. The number of rotatable bonds is 5. The van der Waals surface area contributed by atoms with Crippen molar-refractivity contribution in [2.75, 3.05) is 18.9 Å². The van der Waals surface area contributed by atoms with E-state index in [-0.39, 0.29) is 6.54 Å². The molecule has 0 unspecified atom stereocenters. The molecule has 8 heteroatoms. The van der Waals surface area contributed by atoms with Gasteiger partial charge in [0.15, 0.2) is 0 Å². The van der Waals surface area contributed by atoms with E-state index in [1.54, 1.807) is 24.3 Å². The van der Waals surface area contributed by atoms with Gasteiger partial charge >= 0.3 is 0 Å². The van der Waals surface area contributed by atoms with Crippen molar-refractivity contribution in [2.24, 2.45) is 0 Å². The lowest BCUT2D eigenvalue weighted by Gasteiger charge is -2.17. The van der Waals surface area contributed by atoms with E-state index in [4.69, 9.17) is 6.42 Å². The Kier molecular flexibility index (Phi) is 5.65. The maximum absolute atomic E-state index is 13.8. The fraction of sp³-hybridized carbons (Fsp3) is 0.111. The molecule has 0 fully saturated rings. The predicted molar refractivity (Wildman–Crippen MR) is 93.0 cm³/mol. The number of halogens is 1. The van der Waals surface area contributed by atoms with Crippen LogP contribution in [0.3, 0.4) is 0 Å². The Morgan fingerprint density at radius 1 is 1.31 bits per heavy atom. The molecule has 132 valence electrons. The normalized spacial score (nSPS) is 9.88. The Labute approximate surface area is 148 Å². The minimum Gasteiger partial charge on any atom is -0.332 e. The Hall–Kier alpha value is -3.73. The maximum atomic E-state index is 13.8. The molecule has 0 bridgehead atoms. The number of amides is 2. The van der Waals surface area contributed by atoms with Gasteiger partial charge in [-0.05, 0) is 24.3 Å². The summed E-state index contributed by atoms with van der Waals surface area (Å²) in [5.74, 6) is 0.146. The fourth-order valence-electron chi connectivity index (χ4n) is 2.17. The van der Waals surface area contributed by atoms with Crippen LogP contribution < -0.4 is 5.32 Å². The second kappa shape index (κ2) is 7.90. The Balaban J connectivity index is 2.09. The highest BCUT2D eigenvalue weighted by molar-refractivity contribution is 5.99. The van der Waals surface area contributed by atoms with Crippen LogP contribution in [0.2, 0.25) is 0 Å². The highest BCUT2D eigenvalue weighted by atomic mass is 19.1. The van der Waals surface area contributed by atoms with Crippen LogP contribution in [0, 0.1) is 28.3 Å². The molecule has 0 aliphatic heterocycles. The first-order valence-corrected chi connectivity index (χ1v) is 7.37. The quantitative estimate of drug-likeness (QED) is 0.506. The average Bonchev–Trinajstić information content (AvgIpc) is 2.61. The van der Waals surface area contributed by atoms with Gasteiger partial charge in [0.1, 0.15) is 5.82 Å². The zero-order valence-corrected chi connectivity index (χ0v) is 13.7. The van der Waals surface area contributed by atoms with Crippen LogP contribution in [0.1, 0.15) is 15.9 Å². The molecule has 2 aromatic carbocycles. The summed E-state index contributed by atoms with van der Waals surface area (Å²) in [6, 6.07) is 9.19. The third kappa shape index (κ3) is 4.42. The van der Waals surface area contributed by atoms with Gasteiger partial charge in [-0.2, -0.15) is 0 Å². The first-order valence-electron chi connectivity index (χ1n) is 7.37. The van der Waals surface area contributed by atoms with Crippen molar-refractivity contribution in [3.05, 3.63) is 69.5 Å². The summed E-state index contributed by atoms with van der Waals surface area (Å²) in [6.45, 7) is -0.374. The number of carbonyl (C=O) groups excluding carboxylic acids is 2. The Bertz CT molecular complexity index is 921. The van der Waals surface area contributed by atoms with Gasteiger partial charge in [-0.15, -0.1) is 6.42 Å². The third-order valence-electron chi connectivity index (χ3n) is 3.43. The summed E-state index contributed by atoms with van der Waals surface area (Å²) in [6.07, 6.45) is 5.28. The summed E-state index contributed by atoms with van der Waals surface area (Å²) in [4.78, 5) is 35.3. The number of nitrogens with one attached hydrogen (secondary N) is 1. The summed E-state index contributed by atoms with van der Waals surface area (Å²) in [7, 11) is 1.29. The lowest BCUT2D eigenvalue weighted by molar-refractivity contribution is -0.384. The SMILES string of the molecule is C#Cc1cccc(NC(=O)CN(C)C(=O)c2cc([N+](=O)[O-])ccc2F)c1. The molecule has 2 amide bonds. The molecule has 0 atom stereocenters. The highest BCUT2D eigenvalue weighted by Crippen LogP contribution is 2.18. The second-order valence-corrected chi connectivity index (χ2v) is 5.36. The van der Waals surface area contributed by atoms with Crippen molar-refractivity contribution in [1.82, 2.24) is 4.90 Å². The number of nitro groups is 1. The van der Waals surface area contributed by atoms with Crippen LogP contribution >= 0.6 is 0 Å². The molecule has 0 aliphatic carbocycles. The first-order chi connectivity index (χ1) is 12.3. The molecule has 26 heavy (non-hydrogen) atoms. The molecule has 0 heterocycles. The number of nitro benzene ring substituents is 1. The van der Waals surface area contributed by atoms with Gasteiger partial charge in [0.2, 0.25) is 5.91 Å². The number of hydrogen-bond acceptors (Lipinski definition) is 4. The van der Waals surface area contributed by atoms with Crippen LogP contribution in [-0.2, 0) is 4.79 Å². The number of benzene rings is 2. The van der Waals surface area contributed by atoms with Crippen molar-refractivity contribution in [3.8, 4) is 12.3 Å². The lowest BCUT2D eigenvalue weighted by atomic mass is 10.1. The summed E-state index contributed by atoms with van der Waals surface area (Å²) >= 11 is 0. The van der Waals surface area contributed by atoms with Crippen LogP contribution in [0.15, 0.2) is 42.5 Å². The van der Waals surface area contributed by atoms with Gasteiger partial charge in [-0.1, -0.05) is 12.0 Å². The minimum absolute atomic E-state index is 0.374. The van der Waals surface area contributed by atoms with E-state index >= 15 is 0 Å². The van der Waals surface area contributed by atoms with Crippen LogP contribution in [0.4, 0.5) is 15.8 Å². The van der Waals surface area contributed by atoms with Crippen LogP contribution in [0.5, 0.6) is 0 Å². The first kappa shape index (κ1) is 18.6. The molecule has 0 aliphatic rings. The fourth-order valence-corrected chi connectivity index (χ4v) is 2.17. The van der Waals surface area contributed by atoms with E-state index < -0.39 is 33.8 Å². The van der Waals surface area contributed by atoms with Crippen LogP contribution in [-0.4, -0.2) is 35.2 Å². The number of anilines is 1. The molecule has 0 aromatic heterocycles. The second-order valence-electron chi connectivity index (χ2n) is 5.36. The van der Waals surface area contributed by atoms with Crippen molar-refractivity contribution < 1.29 is 18.9 Å². The van der Waals surface area contributed by atoms with Crippen molar-refractivity contribution in [3.63, 3.8) is 0 Å². The Morgan fingerprint density at radius 2 is 2.04 bits per heavy atom. The van der Waals surface area contributed by atoms with E-state index in [2.05, 4.69) is 11.2 Å². The summed E-state index contributed by atoms with van der Waals surface area (Å²) in [5, 5.41) is 13.3. The van der Waals surface area contributed by atoms with Gasteiger partial charge in [0.05, 0.1) is 17.0 Å². The molecule has 2 rings (SSSR count). The zero-order valence-electron chi connectivity index (χ0n) is 13.7. The van der Waals surface area contributed by atoms with Gasteiger partial charge < -0.3 is 10.2 Å². The summed E-state index contributed by atoms with van der Waals surface area (Å²) in [5.41, 5.74) is 0.126. The number of nitrogens with zero attached hydrogens (tertiary/aromatic N) is 2. The van der Waals surface area contributed by atoms with Crippen LogP contribution in [0.25, 0.3) is 0 Å². The number of likely N-dealkylation sites (N-methyl/N-ethyl adjacent to an activating group) is 1. The van der Waals surface area contributed by atoms with Gasteiger partial charge in [0, 0.05) is 30.4 Å². The standard InChI is InChI=1S/C18H14FN3O4/c1-3-12-5-4-6-13(9-12)20-17(23)11-21(2)18(24)15-10-14(22(25)26)7-8-16(15)19/h1,4-10H,11H2,2H3,(H,20,23). The third-order valence-corrected chi connectivity index (χ3v) is 3.43. The molecule has 2 aromatic rings. The van der Waals surface area contributed by atoms with E-state index in [0.29, 0.717) is 11.3 Å². The van der Waals surface area contributed by atoms with Crippen molar-refractivity contribution in [1.29, 1.82) is 0 Å². The smallest absolute Gasteiger partial charge is 0.270 e. The molecule has 0 saturated carbocycles. The topological polar surface area (TPSA) is 92.6 Å². The molecular formula is C18H14FN3O4. The largest absolute Gasteiger partial charge is 0.332 e. The van der Waals surface area contributed by atoms with Gasteiger partial charge in [0.25, 0.3) is 11.6 Å². The number of carbonyl (C=O) groups is 2. The molecule has 7 nitrogen and oxygen atoms in total. The molecule has 1 N–H and O–H groups in total. The minimum atomic E-state index is -0.908. The predicted octanol–water partition coefficient (Wildman–Crippen LogP) is 2.43. The molecule has 0 spiro atoms. The van der Waals surface area contributed by atoms with E-state index in [9.17, 15) is 24.1 Å². The number of terminal acetylenes is 1. The van der Waals surface area contributed by atoms with Gasteiger partial charge in [-0.3, -0.25) is 19.7 Å². The molecular weight excluding hydrogens is 341 g/mol. The number of non-ortho nitro benzene ring substituents is 1. The highest BCUT2D eigenvalue weighted by Gasteiger charge is 2.21. The zero-order chi connectivity index (χ0) is 19.3. The number of hydrogen-bond donors (Lipinski definition) is 1. The summed E-state index contributed by atoms with van der Waals surface area (Å²) < 4.78 is 13.8. The van der Waals surface area contributed by atoms with Crippen molar-refractivity contribution in [2.45, 2.75) is 0 Å². The molecule has 0 radical (unpaired) electrons. The maximum Gasteiger partial charge on any atom is 0.270 e. The Morgan fingerprint density at radius 3 is 2.69 bits per heavy atom. The van der Waals surface area contributed by atoms with Crippen molar-refractivity contribution >= 4 is 23.2 Å². The van der Waals surface area contributed by atoms with E-state index in [0.717, 1.165) is 23.1 Å². The average molecular weight is 355 g/mol.